The second kappa shape index (κ2) is 9.57. The summed E-state index contributed by atoms with van der Waals surface area (Å²) in [7, 11) is 1.07. The van der Waals surface area contributed by atoms with Crippen LogP contribution < -0.4 is 10.1 Å². The first kappa shape index (κ1) is 27.0. The number of methoxy groups -OCH3 is 1. The van der Waals surface area contributed by atoms with E-state index in [0.29, 0.717) is 11.6 Å². The van der Waals surface area contributed by atoms with E-state index in [1.165, 1.54) is 18.2 Å². The fourth-order valence-corrected chi connectivity index (χ4v) is 4.38. The van der Waals surface area contributed by atoms with E-state index in [4.69, 9.17) is 4.74 Å². The molecule has 5 rings (SSSR count). The summed E-state index contributed by atoms with van der Waals surface area (Å²) in [5.41, 5.74) is -2.85. The monoisotopic (exact) mass is 566 g/mol. The maximum Gasteiger partial charge on any atom is 0.437 e. The Morgan fingerprint density at radius 1 is 1.00 bits per heavy atom. The molecule has 0 bridgehead atoms. The number of anilines is 1. The molecule has 1 aliphatic carbocycles. The predicted molar refractivity (Wildman–Crippen MR) is 125 cm³/mol. The average Bonchev–Trinajstić information content (AvgIpc) is 3.52. The highest BCUT2D eigenvalue weighted by Crippen LogP contribution is 2.50. The second-order valence-electron chi connectivity index (χ2n) is 9.01. The Kier molecular flexibility index (Phi) is 6.46. The van der Waals surface area contributed by atoms with Crippen molar-refractivity contribution >= 4 is 11.6 Å². The summed E-state index contributed by atoms with van der Waals surface area (Å²) < 4.78 is 98.3. The van der Waals surface area contributed by atoms with E-state index < -0.39 is 46.5 Å². The number of H-pyrrole nitrogens is 1. The van der Waals surface area contributed by atoms with E-state index in [2.05, 4.69) is 30.9 Å². The largest absolute Gasteiger partial charge is 0.494 e. The molecule has 0 saturated heterocycles. The van der Waals surface area contributed by atoms with Crippen molar-refractivity contribution in [1.82, 2.24) is 25.6 Å². The minimum Gasteiger partial charge on any atom is -0.494 e. The van der Waals surface area contributed by atoms with Crippen LogP contribution >= 0.6 is 0 Å². The van der Waals surface area contributed by atoms with Gasteiger partial charge in [0.15, 0.2) is 11.5 Å². The zero-order valence-corrected chi connectivity index (χ0v) is 20.3. The van der Waals surface area contributed by atoms with Crippen molar-refractivity contribution in [2.75, 3.05) is 12.4 Å². The first-order chi connectivity index (χ1) is 18.8. The van der Waals surface area contributed by atoms with E-state index >= 15 is 0 Å². The zero-order valence-electron chi connectivity index (χ0n) is 20.3. The average molecular weight is 566 g/mol. The number of nitrogens with one attached hydrogen (secondary N) is 2. The van der Waals surface area contributed by atoms with E-state index in [-0.39, 0.29) is 41.0 Å². The van der Waals surface area contributed by atoms with Gasteiger partial charge in [0.05, 0.1) is 18.1 Å². The van der Waals surface area contributed by atoms with Crippen LogP contribution in [0.1, 0.15) is 29.7 Å². The van der Waals surface area contributed by atoms with Gasteiger partial charge >= 0.3 is 12.4 Å². The van der Waals surface area contributed by atoms with Crippen LogP contribution in [-0.2, 0) is 22.6 Å². The number of carbonyl (C=O) groups excluding carboxylic acids is 1. The fourth-order valence-electron chi connectivity index (χ4n) is 4.38. The summed E-state index contributed by atoms with van der Waals surface area (Å²) in [6.45, 7) is 0. The number of hydrogen-bond donors (Lipinski definition) is 2. The van der Waals surface area contributed by atoms with E-state index in [0.717, 1.165) is 31.5 Å². The lowest BCUT2D eigenvalue weighted by molar-refractivity contribution is -0.142. The molecule has 2 aromatic carbocycles. The maximum absolute atomic E-state index is 14.7. The molecule has 1 saturated carbocycles. The molecule has 0 spiro atoms. The Bertz CT molecular complexity index is 1580. The number of hydrogen-bond acceptors (Lipinski definition) is 6. The molecule has 2 heterocycles. The molecular formula is C25H17F7N6O2. The molecule has 4 aromatic rings. The number of rotatable bonds is 6. The number of amides is 1. The van der Waals surface area contributed by atoms with Crippen molar-refractivity contribution in [1.29, 1.82) is 0 Å². The van der Waals surface area contributed by atoms with Crippen molar-refractivity contribution in [2.24, 2.45) is 0 Å². The summed E-state index contributed by atoms with van der Waals surface area (Å²) in [5.74, 6) is -2.19. The topological polar surface area (TPSA) is 106 Å². The third-order valence-electron chi connectivity index (χ3n) is 6.53. The summed E-state index contributed by atoms with van der Waals surface area (Å²) in [6, 6.07) is 7.56. The number of pyridine rings is 1. The molecule has 0 unspecified atom stereocenters. The molecule has 0 atom stereocenters. The van der Waals surface area contributed by atoms with Gasteiger partial charge in [0.1, 0.15) is 11.6 Å². The lowest BCUT2D eigenvalue weighted by Gasteiger charge is -2.19. The molecule has 2 N–H and O–H groups in total. The number of ether oxygens (including phenoxy) is 1. The molecule has 2 aromatic heterocycles. The quantitative estimate of drug-likeness (QED) is 0.287. The third kappa shape index (κ3) is 4.94. The number of nitrogens with zero attached hydrogens (tertiary/aromatic N) is 4. The molecule has 0 radical (unpaired) electrons. The van der Waals surface area contributed by atoms with Crippen LogP contribution in [0.2, 0.25) is 0 Å². The van der Waals surface area contributed by atoms with Crippen LogP contribution in [0.3, 0.4) is 0 Å². The molecule has 1 amide bonds. The van der Waals surface area contributed by atoms with Crippen molar-refractivity contribution in [3.63, 3.8) is 0 Å². The van der Waals surface area contributed by atoms with Crippen LogP contribution in [0.25, 0.3) is 22.5 Å². The van der Waals surface area contributed by atoms with Gasteiger partial charge in [-0.1, -0.05) is 12.1 Å². The molecule has 8 nitrogen and oxygen atoms in total. The van der Waals surface area contributed by atoms with Gasteiger partial charge in [-0.2, -0.15) is 26.3 Å². The van der Waals surface area contributed by atoms with Crippen LogP contribution in [0.15, 0.2) is 48.7 Å². The SMILES string of the molecule is COc1cc(-c2ccc(NC(=O)C3(c4ccc(C(F)(F)F)cc4F)CC3)cc2-c2nnn[nH]2)cnc1C(F)(F)F. The number of tetrazole rings is 1. The van der Waals surface area contributed by atoms with Crippen molar-refractivity contribution in [2.45, 2.75) is 30.6 Å². The number of carbonyl (C=O) groups is 1. The van der Waals surface area contributed by atoms with Gasteiger partial charge in [0.2, 0.25) is 5.91 Å². The van der Waals surface area contributed by atoms with E-state index in [1.54, 1.807) is 0 Å². The van der Waals surface area contributed by atoms with Crippen molar-refractivity contribution in [3.05, 3.63) is 71.3 Å². The molecule has 1 aliphatic rings. The van der Waals surface area contributed by atoms with Gasteiger partial charge in [-0.3, -0.25) is 4.79 Å². The summed E-state index contributed by atoms with van der Waals surface area (Å²) in [5, 5.41) is 16.0. The van der Waals surface area contributed by atoms with Crippen LogP contribution in [0.5, 0.6) is 5.75 Å². The second-order valence-corrected chi connectivity index (χ2v) is 9.01. The highest BCUT2D eigenvalue weighted by molar-refractivity contribution is 6.02. The Balaban J connectivity index is 1.48. The maximum atomic E-state index is 14.7. The van der Waals surface area contributed by atoms with Gasteiger partial charge < -0.3 is 10.1 Å². The lowest BCUT2D eigenvalue weighted by Crippen LogP contribution is -2.29. The Hall–Kier alpha value is -4.56. The molecular weight excluding hydrogens is 549 g/mol. The fraction of sp³-hybridized carbons (Fsp3) is 0.240. The number of aromatic nitrogens is 5. The predicted octanol–water partition coefficient (Wildman–Crippen LogP) is 5.78. The third-order valence-corrected chi connectivity index (χ3v) is 6.53. The molecule has 208 valence electrons. The number of halogens is 7. The van der Waals surface area contributed by atoms with Gasteiger partial charge in [0.25, 0.3) is 0 Å². The highest BCUT2D eigenvalue weighted by atomic mass is 19.4. The Morgan fingerprint density at radius 3 is 2.33 bits per heavy atom. The summed E-state index contributed by atoms with van der Waals surface area (Å²) in [6.07, 6.45) is -8.05. The molecule has 40 heavy (non-hydrogen) atoms. The lowest BCUT2D eigenvalue weighted by atomic mass is 9.92. The number of alkyl halides is 6. The van der Waals surface area contributed by atoms with Crippen molar-refractivity contribution < 1.29 is 40.3 Å². The number of benzene rings is 2. The zero-order chi connectivity index (χ0) is 28.9. The highest BCUT2D eigenvalue weighted by Gasteiger charge is 2.53. The minimum atomic E-state index is -4.75. The van der Waals surface area contributed by atoms with Crippen molar-refractivity contribution in [3.8, 4) is 28.3 Å². The first-order valence-corrected chi connectivity index (χ1v) is 11.5. The summed E-state index contributed by atoms with van der Waals surface area (Å²) >= 11 is 0. The minimum absolute atomic E-state index is 0.111. The van der Waals surface area contributed by atoms with Gasteiger partial charge in [-0.15, -0.1) is 5.10 Å². The normalized spacial score (nSPS) is 14.6. The van der Waals surface area contributed by atoms with Crippen LogP contribution in [0, 0.1) is 5.82 Å². The summed E-state index contributed by atoms with van der Waals surface area (Å²) in [4.78, 5) is 16.7. The standard InChI is InChI=1S/C25H17F7N6O2/c1-40-19-8-12(11-33-20(19)25(30,31)32)15-4-3-14(10-16(15)21-35-37-38-36-21)34-22(39)23(6-7-23)17-5-2-13(9-18(17)26)24(27,28)29/h2-5,8-11H,6-7H2,1H3,(H,34,39)(H,35,36,37,38). The molecule has 1 fully saturated rings. The van der Waals surface area contributed by atoms with Gasteiger partial charge in [-0.05, 0) is 59.2 Å². The smallest absolute Gasteiger partial charge is 0.437 e. The first-order valence-electron chi connectivity index (χ1n) is 11.5. The van der Waals surface area contributed by atoms with Crippen LogP contribution in [0.4, 0.5) is 36.4 Å². The Morgan fingerprint density at radius 2 is 1.75 bits per heavy atom. The van der Waals surface area contributed by atoms with E-state index in [9.17, 15) is 35.5 Å². The van der Waals surface area contributed by atoms with Crippen LogP contribution in [-0.4, -0.2) is 38.6 Å². The van der Waals surface area contributed by atoms with Gasteiger partial charge in [-0.25, -0.2) is 14.5 Å². The van der Waals surface area contributed by atoms with E-state index in [1.807, 2.05) is 0 Å². The number of aromatic amines is 1. The molecule has 15 heteroatoms. The molecule has 0 aliphatic heterocycles. The Labute approximate surface area is 220 Å². The van der Waals surface area contributed by atoms with Gasteiger partial charge in [0, 0.05) is 28.6 Å².